The van der Waals surface area contributed by atoms with Gasteiger partial charge in [0.25, 0.3) is 5.90 Å². The summed E-state index contributed by atoms with van der Waals surface area (Å²) in [6.45, 7) is 0.771. The molecule has 0 aliphatic carbocycles. The van der Waals surface area contributed by atoms with E-state index in [4.69, 9.17) is 28.4 Å². The molecule has 4 aromatic carbocycles. The first-order chi connectivity index (χ1) is 26.0. The normalized spacial score (nSPS) is 20.0. The van der Waals surface area contributed by atoms with E-state index in [1.54, 1.807) is 72.8 Å². The molecule has 54 heavy (non-hydrogen) atoms. The minimum absolute atomic E-state index is 0.0157. The van der Waals surface area contributed by atoms with Crippen molar-refractivity contribution in [1.82, 2.24) is 0 Å². The number of alkyl halides is 3. The van der Waals surface area contributed by atoms with Crippen LogP contribution in [0.5, 0.6) is 0 Å². The summed E-state index contributed by atoms with van der Waals surface area (Å²) in [4.78, 5) is 56.1. The molecule has 1 heterocycles. The summed E-state index contributed by atoms with van der Waals surface area (Å²) in [7, 11) is 0. The van der Waals surface area contributed by atoms with Gasteiger partial charge in [-0.2, -0.15) is 13.2 Å². The van der Waals surface area contributed by atoms with Crippen LogP contribution in [0.25, 0.3) is 0 Å². The van der Waals surface area contributed by atoms with Crippen molar-refractivity contribution < 1.29 is 60.8 Å². The van der Waals surface area contributed by atoms with Gasteiger partial charge >= 0.3 is 24.1 Å². The number of halogens is 3. The molecule has 1 aliphatic rings. The molecule has 14 heteroatoms. The number of carbonyl (C=O) groups is 4. The van der Waals surface area contributed by atoms with Crippen molar-refractivity contribution in [3.8, 4) is 0 Å². The lowest BCUT2D eigenvalue weighted by atomic mass is 9.97. The van der Waals surface area contributed by atoms with E-state index in [0.717, 1.165) is 0 Å². The van der Waals surface area contributed by atoms with Gasteiger partial charge in [0.1, 0.15) is 18.5 Å². The Bertz CT molecular complexity index is 1880. The van der Waals surface area contributed by atoms with Gasteiger partial charge in [0.15, 0.2) is 12.2 Å². The highest BCUT2D eigenvalue weighted by Gasteiger charge is 2.57. The maximum Gasteiger partial charge on any atom is 0.468 e. The van der Waals surface area contributed by atoms with Gasteiger partial charge in [-0.15, -0.1) is 0 Å². The Morgan fingerprint density at radius 2 is 1.22 bits per heavy atom. The van der Waals surface area contributed by atoms with Crippen molar-refractivity contribution in [3.05, 3.63) is 138 Å². The monoisotopic (exact) mass is 747 g/mol. The largest absolute Gasteiger partial charge is 0.468 e. The molecular formula is C40H36F3NO10. The highest BCUT2D eigenvalue weighted by atomic mass is 19.4. The minimum atomic E-state index is -5.23. The third-order valence-electron chi connectivity index (χ3n) is 7.89. The molecule has 1 aliphatic heterocycles. The highest BCUT2D eigenvalue weighted by Crippen LogP contribution is 2.34. The zero-order valence-corrected chi connectivity index (χ0v) is 28.9. The van der Waals surface area contributed by atoms with Crippen LogP contribution in [0, 0.1) is 0 Å². The fourth-order valence-electron chi connectivity index (χ4n) is 5.26. The number of benzene rings is 4. The first-order valence-corrected chi connectivity index (χ1v) is 16.8. The molecule has 0 spiro atoms. The van der Waals surface area contributed by atoms with Crippen molar-refractivity contribution in [1.29, 1.82) is 0 Å². The second kappa shape index (κ2) is 18.8. The molecule has 1 unspecified atom stereocenters. The lowest BCUT2D eigenvalue weighted by Crippen LogP contribution is -2.64. The molecule has 1 saturated heterocycles. The van der Waals surface area contributed by atoms with Gasteiger partial charge in [-0.25, -0.2) is 14.6 Å². The maximum atomic E-state index is 14.6. The number of ether oxygens (including phenoxy) is 6. The number of nitrogens with zero attached hydrogens (tertiary/aromatic N) is 1. The van der Waals surface area contributed by atoms with Gasteiger partial charge in [-0.3, -0.25) is 4.79 Å². The second-order valence-electron chi connectivity index (χ2n) is 12.0. The lowest BCUT2D eigenvalue weighted by molar-refractivity contribution is -0.291. The van der Waals surface area contributed by atoms with E-state index >= 15 is 0 Å². The third-order valence-corrected chi connectivity index (χ3v) is 7.89. The average Bonchev–Trinajstić information content (AvgIpc) is 3.17. The SMILES string of the molecule is CC(=O)CCC(=O)O[C@H]1[C@H](OCc2ccccc2)[C@@H](C(=O)OCc2ccccc2)OC(OC(=Nc2ccccc2)C(F)(F)F)[C@@H]1OC(=O)c1ccccc1. The van der Waals surface area contributed by atoms with Crippen LogP contribution in [0.4, 0.5) is 18.9 Å². The minimum Gasteiger partial charge on any atom is -0.459 e. The fourth-order valence-corrected chi connectivity index (χ4v) is 5.26. The average molecular weight is 748 g/mol. The topological polar surface area (TPSA) is 136 Å². The number of carbonyl (C=O) groups excluding carboxylic acids is 4. The van der Waals surface area contributed by atoms with Crippen molar-refractivity contribution in [3.63, 3.8) is 0 Å². The quantitative estimate of drug-likeness (QED) is 0.0583. The molecule has 0 amide bonds. The molecule has 0 saturated carbocycles. The molecule has 0 N–H and O–H groups in total. The first-order valence-electron chi connectivity index (χ1n) is 16.8. The van der Waals surface area contributed by atoms with Crippen LogP contribution in [-0.2, 0) is 56.0 Å². The number of Topliss-reactive ketones (excluding diaryl/α,β-unsaturated/α-hetero) is 1. The molecule has 0 radical (unpaired) electrons. The van der Waals surface area contributed by atoms with Gasteiger partial charge in [0, 0.05) is 6.42 Å². The number of aliphatic imine (C=N–C) groups is 1. The van der Waals surface area contributed by atoms with E-state index in [0.29, 0.717) is 11.1 Å². The van der Waals surface area contributed by atoms with Gasteiger partial charge in [-0.05, 0) is 42.3 Å². The predicted molar refractivity (Wildman–Crippen MR) is 186 cm³/mol. The van der Waals surface area contributed by atoms with E-state index in [9.17, 15) is 32.3 Å². The molecular weight excluding hydrogens is 711 g/mol. The third kappa shape index (κ3) is 11.3. The van der Waals surface area contributed by atoms with E-state index < -0.39 is 67.1 Å². The van der Waals surface area contributed by atoms with E-state index in [1.165, 1.54) is 55.5 Å². The molecule has 4 aromatic rings. The number of ketones is 1. The van der Waals surface area contributed by atoms with Crippen LogP contribution in [0.3, 0.4) is 0 Å². The molecule has 5 rings (SSSR count). The smallest absolute Gasteiger partial charge is 0.459 e. The van der Waals surface area contributed by atoms with Gasteiger partial charge < -0.3 is 33.2 Å². The summed E-state index contributed by atoms with van der Waals surface area (Å²) in [5.74, 6) is -5.34. The summed E-state index contributed by atoms with van der Waals surface area (Å²) in [6, 6.07) is 31.7. The van der Waals surface area contributed by atoms with Crippen LogP contribution in [0.15, 0.2) is 126 Å². The zero-order valence-electron chi connectivity index (χ0n) is 28.9. The lowest BCUT2D eigenvalue weighted by Gasteiger charge is -2.44. The van der Waals surface area contributed by atoms with Crippen molar-refractivity contribution >= 4 is 35.3 Å². The summed E-state index contributed by atoms with van der Waals surface area (Å²) in [6.07, 6.45) is -15.6. The number of esters is 3. The Labute approximate surface area is 308 Å². The molecule has 0 bridgehead atoms. The summed E-state index contributed by atoms with van der Waals surface area (Å²) >= 11 is 0. The van der Waals surface area contributed by atoms with Crippen LogP contribution >= 0.6 is 0 Å². The Morgan fingerprint density at radius 1 is 0.667 bits per heavy atom. The molecule has 11 nitrogen and oxygen atoms in total. The van der Waals surface area contributed by atoms with Crippen LogP contribution in [0.1, 0.15) is 41.3 Å². The number of rotatable bonds is 14. The number of hydrogen-bond donors (Lipinski definition) is 0. The molecule has 282 valence electrons. The Balaban J connectivity index is 1.60. The van der Waals surface area contributed by atoms with Gasteiger partial charge in [-0.1, -0.05) is 97.1 Å². The molecule has 5 atom stereocenters. The Kier molecular flexibility index (Phi) is 13.7. The zero-order chi connectivity index (χ0) is 38.5. The number of hydrogen-bond acceptors (Lipinski definition) is 11. The molecule has 1 fully saturated rings. The van der Waals surface area contributed by atoms with Crippen molar-refractivity contribution in [2.45, 2.75) is 69.9 Å². The van der Waals surface area contributed by atoms with E-state index in [-0.39, 0.29) is 36.7 Å². The van der Waals surface area contributed by atoms with Crippen LogP contribution in [0.2, 0.25) is 0 Å². The standard InChI is InChI=1S/C40H36F3NO10/c1-26(45)22-23-31(46)51-33-32(49-24-27-14-6-2-7-15-27)34(37(48)50-25-28-16-8-3-9-17-28)53-38(35(33)52-36(47)29-18-10-4-11-19-29)54-39(40(41,42)43)44-30-20-12-5-13-21-30/h2-21,32-35,38H,22-25H2,1H3/t32-,33-,34-,35+,38?/m0/s1. The Hall–Kier alpha value is -5.86. The fraction of sp³-hybridized carbons (Fsp3) is 0.275. The van der Waals surface area contributed by atoms with E-state index in [2.05, 4.69) is 4.99 Å². The Morgan fingerprint density at radius 3 is 1.80 bits per heavy atom. The number of para-hydroxylation sites is 1. The van der Waals surface area contributed by atoms with Crippen LogP contribution < -0.4 is 0 Å². The van der Waals surface area contributed by atoms with Gasteiger partial charge in [0.05, 0.1) is 24.3 Å². The second-order valence-corrected chi connectivity index (χ2v) is 12.0. The summed E-state index contributed by atoms with van der Waals surface area (Å²) < 4.78 is 78.3. The van der Waals surface area contributed by atoms with Crippen LogP contribution in [-0.4, -0.2) is 66.5 Å². The van der Waals surface area contributed by atoms with Crippen molar-refractivity contribution in [2.75, 3.05) is 0 Å². The van der Waals surface area contributed by atoms with Gasteiger partial charge in [0.2, 0.25) is 12.4 Å². The highest BCUT2D eigenvalue weighted by molar-refractivity contribution is 5.89. The van der Waals surface area contributed by atoms with E-state index in [1.807, 2.05) is 0 Å². The van der Waals surface area contributed by atoms with Crippen molar-refractivity contribution in [2.24, 2.45) is 4.99 Å². The maximum absolute atomic E-state index is 14.6. The predicted octanol–water partition coefficient (Wildman–Crippen LogP) is 6.86. The first kappa shape index (κ1) is 39.3. The summed E-state index contributed by atoms with van der Waals surface area (Å²) in [5, 5.41) is 0. The molecule has 0 aromatic heterocycles. The summed E-state index contributed by atoms with van der Waals surface area (Å²) in [5.41, 5.74) is 1.01.